The number of aryl methyl sites for hydroxylation is 1. The zero-order valence-corrected chi connectivity index (χ0v) is 12.4. The van der Waals surface area contributed by atoms with Crippen molar-refractivity contribution in [2.24, 2.45) is 0 Å². The molecule has 3 aromatic heterocycles. The predicted octanol–water partition coefficient (Wildman–Crippen LogP) is 1.90. The molecule has 4 aromatic rings. The molecule has 7 heteroatoms. The van der Waals surface area contributed by atoms with E-state index in [1.807, 2.05) is 36.4 Å². The van der Waals surface area contributed by atoms with Crippen LogP contribution in [0.5, 0.6) is 0 Å². The Labute approximate surface area is 130 Å². The van der Waals surface area contributed by atoms with Gasteiger partial charge in [0.25, 0.3) is 5.89 Å². The predicted molar refractivity (Wildman–Crippen MR) is 83.0 cm³/mol. The van der Waals surface area contributed by atoms with E-state index < -0.39 is 0 Å². The van der Waals surface area contributed by atoms with Gasteiger partial charge in [-0.2, -0.15) is 4.98 Å². The van der Waals surface area contributed by atoms with Crippen molar-refractivity contribution in [2.75, 3.05) is 0 Å². The van der Waals surface area contributed by atoms with Crippen molar-refractivity contribution in [1.82, 2.24) is 24.3 Å². The minimum Gasteiger partial charge on any atom is -0.334 e. The van der Waals surface area contributed by atoms with Crippen LogP contribution in [0, 0.1) is 6.92 Å². The van der Waals surface area contributed by atoms with Gasteiger partial charge in [0.05, 0.1) is 12.1 Å². The number of fused-ring (bicyclic) bond motifs is 1. The topological polar surface area (TPSA) is 78.2 Å². The molecule has 1 aromatic carbocycles. The van der Waals surface area contributed by atoms with Crippen molar-refractivity contribution >= 4 is 5.65 Å². The third-order valence-electron chi connectivity index (χ3n) is 3.54. The average molecular weight is 307 g/mol. The molecule has 0 saturated carbocycles. The first-order chi connectivity index (χ1) is 11.2. The first-order valence-corrected chi connectivity index (χ1v) is 7.15. The van der Waals surface area contributed by atoms with Gasteiger partial charge in [0.15, 0.2) is 11.5 Å². The zero-order valence-electron chi connectivity index (χ0n) is 12.4. The molecule has 0 radical (unpaired) electrons. The van der Waals surface area contributed by atoms with Crippen molar-refractivity contribution < 1.29 is 4.52 Å². The standard InChI is InChI=1S/C16H13N5O2/c1-11-17-15(23-19-11)13-8-5-9-20-14(13)18-21(16(20)22)10-12-6-3-2-4-7-12/h2-9H,10H2,1H3. The smallest absolute Gasteiger partial charge is 0.334 e. The molecule has 23 heavy (non-hydrogen) atoms. The van der Waals surface area contributed by atoms with Crippen molar-refractivity contribution in [3.05, 3.63) is 70.5 Å². The van der Waals surface area contributed by atoms with E-state index in [0.29, 0.717) is 29.5 Å². The van der Waals surface area contributed by atoms with E-state index in [0.717, 1.165) is 5.56 Å². The molecular formula is C16H13N5O2. The lowest BCUT2D eigenvalue weighted by molar-refractivity contribution is 0.426. The quantitative estimate of drug-likeness (QED) is 0.577. The SMILES string of the molecule is Cc1noc(-c2cccn3c(=O)n(Cc4ccccc4)nc23)n1. The molecule has 0 aliphatic rings. The summed E-state index contributed by atoms with van der Waals surface area (Å²) in [7, 11) is 0. The lowest BCUT2D eigenvalue weighted by Crippen LogP contribution is -2.21. The molecule has 0 atom stereocenters. The van der Waals surface area contributed by atoms with Crippen molar-refractivity contribution in [1.29, 1.82) is 0 Å². The van der Waals surface area contributed by atoms with Crippen LogP contribution in [-0.4, -0.2) is 24.3 Å². The summed E-state index contributed by atoms with van der Waals surface area (Å²) in [6.07, 6.45) is 1.68. The van der Waals surface area contributed by atoms with E-state index in [2.05, 4.69) is 15.2 Å². The van der Waals surface area contributed by atoms with Gasteiger partial charge >= 0.3 is 5.69 Å². The highest BCUT2D eigenvalue weighted by atomic mass is 16.5. The summed E-state index contributed by atoms with van der Waals surface area (Å²) < 4.78 is 8.11. The van der Waals surface area contributed by atoms with Gasteiger partial charge in [0.1, 0.15) is 0 Å². The fourth-order valence-corrected chi connectivity index (χ4v) is 2.47. The molecule has 0 saturated heterocycles. The number of aromatic nitrogens is 5. The van der Waals surface area contributed by atoms with E-state index in [-0.39, 0.29) is 5.69 Å². The third-order valence-corrected chi connectivity index (χ3v) is 3.54. The van der Waals surface area contributed by atoms with E-state index in [1.54, 1.807) is 19.2 Å². The van der Waals surface area contributed by atoms with Crippen LogP contribution >= 0.6 is 0 Å². The van der Waals surface area contributed by atoms with Gasteiger partial charge in [0, 0.05) is 6.20 Å². The van der Waals surface area contributed by atoms with Crippen molar-refractivity contribution in [2.45, 2.75) is 13.5 Å². The van der Waals surface area contributed by atoms with Crippen LogP contribution in [0.3, 0.4) is 0 Å². The molecule has 0 fully saturated rings. The summed E-state index contributed by atoms with van der Waals surface area (Å²) in [6.45, 7) is 2.15. The fourth-order valence-electron chi connectivity index (χ4n) is 2.47. The number of pyridine rings is 1. The minimum absolute atomic E-state index is 0.207. The molecule has 0 aliphatic heterocycles. The maximum atomic E-state index is 12.5. The second kappa shape index (κ2) is 5.20. The molecule has 0 amide bonds. The van der Waals surface area contributed by atoms with Gasteiger partial charge < -0.3 is 4.52 Å². The number of hydrogen-bond donors (Lipinski definition) is 0. The van der Waals surface area contributed by atoms with Gasteiger partial charge in [-0.15, -0.1) is 5.10 Å². The van der Waals surface area contributed by atoms with Gasteiger partial charge in [-0.05, 0) is 24.6 Å². The Morgan fingerprint density at radius 3 is 2.70 bits per heavy atom. The van der Waals surface area contributed by atoms with Crippen LogP contribution in [0.15, 0.2) is 58.0 Å². The van der Waals surface area contributed by atoms with Crippen LogP contribution in [0.2, 0.25) is 0 Å². The van der Waals surface area contributed by atoms with Crippen molar-refractivity contribution in [3.63, 3.8) is 0 Å². The van der Waals surface area contributed by atoms with E-state index in [9.17, 15) is 4.79 Å². The minimum atomic E-state index is -0.207. The largest absolute Gasteiger partial charge is 0.350 e. The molecule has 0 unspecified atom stereocenters. The van der Waals surface area contributed by atoms with Crippen LogP contribution in [-0.2, 0) is 6.54 Å². The Hall–Kier alpha value is -3.22. The van der Waals surface area contributed by atoms with Gasteiger partial charge in [0.2, 0.25) is 0 Å². The molecule has 3 heterocycles. The Morgan fingerprint density at radius 1 is 1.13 bits per heavy atom. The second-order valence-electron chi connectivity index (χ2n) is 5.19. The zero-order chi connectivity index (χ0) is 15.8. The molecule has 7 nitrogen and oxygen atoms in total. The van der Waals surface area contributed by atoms with Crippen LogP contribution < -0.4 is 5.69 Å². The summed E-state index contributed by atoms with van der Waals surface area (Å²) in [5, 5.41) is 8.22. The Morgan fingerprint density at radius 2 is 1.96 bits per heavy atom. The third kappa shape index (κ3) is 2.32. The maximum absolute atomic E-state index is 12.5. The maximum Gasteiger partial charge on any atom is 0.350 e. The van der Waals surface area contributed by atoms with Crippen LogP contribution in [0.25, 0.3) is 17.1 Å². The van der Waals surface area contributed by atoms with E-state index >= 15 is 0 Å². The van der Waals surface area contributed by atoms with Crippen LogP contribution in [0.4, 0.5) is 0 Å². The van der Waals surface area contributed by atoms with E-state index in [4.69, 9.17) is 4.52 Å². The highest BCUT2D eigenvalue weighted by Gasteiger charge is 2.16. The summed E-state index contributed by atoms with van der Waals surface area (Å²) in [5.74, 6) is 0.887. The summed E-state index contributed by atoms with van der Waals surface area (Å²) >= 11 is 0. The monoisotopic (exact) mass is 307 g/mol. The summed E-state index contributed by atoms with van der Waals surface area (Å²) in [5.41, 5.74) is 1.93. The van der Waals surface area contributed by atoms with Gasteiger partial charge in [-0.3, -0.25) is 0 Å². The molecule has 4 rings (SSSR count). The van der Waals surface area contributed by atoms with Crippen molar-refractivity contribution in [3.8, 4) is 11.5 Å². The van der Waals surface area contributed by atoms with Gasteiger partial charge in [-0.25, -0.2) is 13.9 Å². The van der Waals surface area contributed by atoms with Gasteiger partial charge in [-0.1, -0.05) is 35.5 Å². The first-order valence-electron chi connectivity index (χ1n) is 7.15. The number of rotatable bonds is 3. The number of benzene rings is 1. The fraction of sp³-hybridized carbons (Fsp3) is 0.125. The molecule has 0 spiro atoms. The molecule has 0 bridgehead atoms. The summed E-state index contributed by atoms with van der Waals surface area (Å²) in [4.78, 5) is 16.7. The Kier molecular flexibility index (Phi) is 3.04. The molecule has 0 N–H and O–H groups in total. The second-order valence-corrected chi connectivity index (χ2v) is 5.19. The molecule has 114 valence electrons. The van der Waals surface area contributed by atoms with Crippen LogP contribution in [0.1, 0.15) is 11.4 Å². The normalized spacial score (nSPS) is 11.2. The molecule has 0 aliphatic carbocycles. The lowest BCUT2D eigenvalue weighted by Gasteiger charge is -1.98. The lowest BCUT2D eigenvalue weighted by atomic mass is 10.2. The average Bonchev–Trinajstić information content (AvgIpc) is 3.13. The number of nitrogens with zero attached hydrogens (tertiary/aromatic N) is 5. The summed E-state index contributed by atoms with van der Waals surface area (Å²) in [6, 6.07) is 13.3. The highest BCUT2D eigenvalue weighted by Crippen LogP contribution is 2.20. The Bertz CT molecular complexity index is 1030. The number of hydrogen-bond acceptors (Lipinski definition) is 5. The van der Waals surface area contributed by atoms with E-state index in [1.165, 1.54) is 9.08 Å². The highest BCUT2D eigenvalue weighted by molar-refractivity contribution is 5.70. The molecular weight excluding hydrogens is 294 g/mol. The first kappa shape index (κ1) is 13.4. The Balaban J connectivity index is 1.86.